The number of ether oxygens (including phenoxy) is 1. The van der Waals surface area contributed by atoms with E-state index in [4.69, 9.17) is 10.6 Å². The van der Waals surface area contributed by atoms with E-state index in [-0.39, 0.29) is 6.04 Å². The molecular weight excluding hydrogens is 351 g/mol. The minimum Gasteiger partial charge on any atom is -0.493 e. The van der Waals surface area contributed by atoms with Gasteiger partial charge in [0.05, 0.1) is 12.6 Å². The van der Waals surface area contributed by atoms with Crippen molar-refractivity contribution in [1.29, 1.82) is 0 Å². The van der Waals surface area contributed by atoms with Crippen LogP contribution in [0.25, 0.3) is 0 Å². The Bertz CT molecular complexity index is 600. The van der Waals surface area contributed by atoms with Crippen LogP contribution in [0.2, 0.25) is 0 Å². The number of hydrogen-bond donors (Lipinski definition) is 2. The largest absolute Gasteiger partial charge is 0.493 e. The van der Waals surface area contributed by atoms with Gasteiger partial charge in [0, 0.05) is 9.99 Å². The molecule has 1 aliphatic heterocycles. The molecule has 2 aromatic carbocycles. The Balaban J connectivity index is 2.01. The SMILES string of the molecule is NNC(c1ccc2c(c1)CCO2)c1ccccc1I. The van der Waals surface area contributed by atoms with Gasteiger partial charge in [0.15, 0.2) is 0 Å². The van der Waals surface area contributed by atoms with Crippen LogP contribution in [0.1, 0.15) is 22.7 Å². The molecule has 0 radical (unpaired) electrons. The molecule has 1 aliphatic rings. The van der Waals surface area contributed by atoms with E-state index in [1.54, 1.807) is 0 Å². The summed E-state index contributed by atoms with van der Waals surface area (Å²) in [5.74, 6) is 6.77. The van der Waals surface area contributed by atoms with Crippen molar-refractivity contribution in [1.82, 2.24) is 5.43 Å². The quantitative estimate of drug-likeness (QED) is 0.499. The first-order valence-electron chi connectivity index (χ1n) is 6.26. The summed E-state index contributed by atoms with van der Waals surface area (Å²) >= 11 is 2.34. The zero-order valence-corrected chi connectivity index (χ0v) is 12.6. The average Bonchev–Trinajstić information content (AvgIpc) is 2.89. The third kappa shape index (κ3) is 2.48. The third-order valence-corrected chi connectivity index (χ3v) is 4.41. The molecule has 0 aromatic heterocycles. The molecule has 0 saturated carbocycles. The Morgan fingerprint density at radius 2 is 2.05 bits per heavy atom. The van der Waals surface area contributed by atoms with Crippen molar-refractivity contribution in [2.24, 2.45) is 5.84 Å². The molecule has 1 heterocycles. The number of hydrogen-bond acceptors (Lipinski definition) is 3. The molecule has 3 N–H and O–H groups in total. The van der Waals surface area contributed by atoms with E-state index in [0.717, 1.165) is 18.8 Å². The average molecular weight is 366 g/mol. The second-order valence-corrected chi connectivity index (χ2v) is 5.75. The Morgan fingerprint density at radius 1 is 1.21 bits per heavy atom. The fourth-order valence-corrected chi connectivity index (χ4v) is 3.16. The number of fused-ring (bicyclic) bond motifs is 1. The minimum atomic E-state index is 0.0130. The second-order valence-electron chi connectivity index (χ2n) is 4.59. The number of rotatable bonds is 3. The summed E-state index contributed by atoms with van der Waals surface area (Å²) in [6.07, 6.45) is 0.979. The molecule has 3 nitrogen and oxygen atoms in total. The molecule has 0 bridgehead atoms. The Kier molecular flexibility index (Phi) is 3.72. The Morgan fingerprint density at radius 3 is 2.84 bits per heavy atom. The Labute approximate surface area is 126 Å². The minimum absolute atomic E-state index is 0.0130. The highest BCUT2D eigenvalue weighted by Crippen LogP contribution is 2.31. The maximum atomic E-state index is 5.77. The van der Waals surface area contributed by atoms with Crippen molar-refractivity contribution in [3.63, 3.8) is 0 Å². The molecule has 98 valence electrons. The lowest BCUT2D eigenvalue weighted by Gasteiger charge is -2.19. The summed E-state index contributed by atoms with van der Waals surface area (Å²) in [7, 11) is 0. The molecule has 3 rings (SSSR count). The van der Waals surface area contributed by atoms with Gasteiger partial charge in [-0.15, -0.1) is 0 Å². The number of nitrogens with one attached hydrogen (secondary N) is 1. The normalized spacial score (nSPS) is 14.8. The molecule has 0 fully saturated rings. The lowest BCUT2D eigenvalue weighted by atomic mass is 9.97. The number of benzene rings is 2. The molecule has 2 aromatic rings. The second kappa shape index (κ2) is 5.48. The molecule has 0 aliphatic carbocycles. The van der Waals surface area contributed by atoms with Crippen LogP contribution in [0.15, 0.2) is 42.5 Å². The van der Waals surface area contributed by atoms with Crippen molar-refractivity contribution in [2.75, 3.05) is 6.61 Å². The first-order chi connectivity index (χ1) is 9.29. The van der Waals surface area contributed by atoms with E-state index in [1.807, 2.05) is 18.2 Å². The van der Waals surface area contributed by atoms with Crippen molar-refractivity contribution < 1.29 is 4.74 Å². The highest BCUT2D eigenvalue weighted by atomic mass is 127. The number of hydrazine groups is 1. The lowest BCUT2D eigenvalue weighted by Crippen LogP contribution is -2.29. The molecule has 1 unspecified atom stereocenters. The molecule has 0 spiro atoms. The number of halogens is 1. The van der Waals surface area contributed by atoms with E-state index in [0.29, 0.717) is 0 Å². The van der Waals surface area contributed by atoms with Gasteiger partial charge in [-0.25, -0.2) is 5.43 Å². The smallest absolute Gasteiger partial charge is 0.122 e. The molecule has 0 amide bonds. The summed E-state index contributed by atoms with van der Waals surface area (Å²) in [5, 5.41) is 0. The third-order valence-electron chi connectivity index (χ3n) is 3.43. The molecule has 1 atom stereocenters. The van der Waals surface area contributed by atoms with Crippen LogP contribution in [-0.2, 0) is 6.42 Å². The predicted molar refractivity (Wildman–Crippen MR) is 84.0 cm³/mol. The van der Waals surface area contributed by atoms with Crippen molar-refractivity contribution in [3.05, 3.63) is 62.7 Å². The summed E-state index contributed by atoms with van der Waals surface area (Å²) in [4.78, 5) is 0. The van der Waals surface area contributed by atoms with Crippen LogP contribution in [0.3, 0.4) is 0 Å². The summed E-state index contributed by atoms with van der Waals surface area (Å²) in [6, 6.07) is 14.6. The zero-order valence-electron chi connectivity index (χ0n) is 10.4. The van der Waals surface area contributed by atoms with Crippen LogP contribution < -0.4 is 16.0 Å². The molecular formula is C15H15IN2O. The van der Waals surface area contributed by atoms with Crippen LogP contribution in [-0.4, -0.2) is 6.61 Å². The van der Waals surface area contributed by atoms with Gasteiger partial charge in [0.1, 0.15) is 5.75 Å². The molecule has 0 saturated heterocycles. The van der Waals surface area contributed by atoms with E-state index in [2.05, 4.69) is 52.3 Å². The maximum absolute atomic E-state index is 5.77. The van der Waals surface area contributed by atoms with Gasteiger partial charge in [-0.2, -0.15) is 0 Å². The van der Waals surface area contributed by atoms with Gasteiger partial charge in [-0.05, 0) is 51.4 Å². The van der Waals surface area contributed by atoms with Crippen molar-refractivity contribution >= 4 is 22.6 Å². The summed E-state index contributed by atoms with van der Waals surface area (Å²) in [6.45, 7) is 0.780. The molecule has 4 heteroatoms. The van der Waals surface area contributed by atoms with E-state index < -0.39 is 0 Å². The van der Waals surface area contributed by atoms with Gasteiger partial charge >= 0.3 is 0 Å². The zero-order chi connectivity index (χ0) is 13.2. The number of nitrogens with two attached hydrogens (primary N) is 1. The van der Waals surface area contributed by atoms with Gasteiger partial charge in [-0.1, -0.05) is 30.3 Å². The highest BCUT2D eigenvalue weighted by Gasteiger charge is 2.18. The van der Waals surface area contributed by atoms with E-state index in [9.17, 15) is 0 Å². The Hall–Kier alpha value is -1.11. The summed E-state index contributed by atoms with van der Waals surface area (Å²) in [5.41, 5.74) is 6.56. The summed E-state index contributed by atoms with van der Waals surface area (Å²) < 4.78 is 6.75. The monoisotopic (exact) mass is 366 g/mol. The predicted octanol–water partition coefficient (Wildman–Crippen LogP) is 2.78. The van der Waals surface area contributed by atoms with Crippen LogP contribution >= 0.6 is 22.6 Å². The fourth-order valence-electron chi connectivity index (χ4n) is 2.46. The highest BCUT2D eigenvalue weighted by molar-refractivity contribution is 14.1. The fraction of sp³-hybridized carbons (Fsp3) is 0.200. The van der Waals surface area contributed by atoms with E-state index >= 15 is 0 Å². The van der Waals surface area contributed by atoms with Gasteiger partial charge < -0.3 is 4.74 Å². The topological polar surface area (TPSA) is 47.3 Å². The van der Waals surface area contributed by atoms with Crippen molar-refractivity contribution in [3.8, 4) is 5.75 Å². The van der Waals surface area contributed by atoms with Crippen LogP contribution in [0.5, 0.6) is 5.75 Å². The maximum Gasteiger partial charge on any atom is 0.122 e. The van der Waals surface area contributed by atoms with Crippen LogP contribution in [0.4, 0.5) is 0 Å². The standard InChI is InChI=1S/C15H15IN2O/c16-13-4-2-1-3-12(13)15(18-17)11-5-6-14-10(9-11)7-8-19-14/h1-6,9,15,18H,7-8,17H2. The van der Waals surface area contributed by atoms with Crippen molar-refractivity contribution in [2.45, 2.75) is 12.5 Å². The van der Waals surface area contributed by atoms with Crippen LogP contribution in [0, 0.1) is 3.57 Å². The molecule has 19 heavy (non-hydrogen) atoms. The first-order valence-corrected chi connectivity index (χ1v) is 7.33. The van der Waals surface area contributed by atoms with E-state index in [1.165, 1.54) is 20.3 Å². The van der Waals surface area contributed by atoms with Gasteiger partial charge in [0.25, 0.3) is 0 Å². The lowest BCUT2D eigenvalue weighted by molar-refractivity contribution is 0.357. The first kappa shape index (κ1) is 12.9. The van der Waals surface area contributed by atoms with Gasteiger partial charge in [0.2, 0.25) is 0 Å². The van der Waals surface area contributed by atoms with Gasteiger partial charge in [-0.3, -0.25) is 5.84 Å².